The molecule has 0 atom stereocenters. The van der Waals surface area contributed by atoms with Gasteiger partial charge in [0.15, 0.2) is 0 Å². The van der Waals surface area contributed by atoms with Crippen molar-refractivity contribution in [2.45, 2.75) is 44.4 Å². The van der Waals surface area contributed by atoms with E-state index < -0.39 is 12.2 Å². The van der Waals surface area contributed by atoms with Crippen LogP contribution in [0.5, 0.6) is 5.75 Å². The van der Waals surface area contributed by atoms with Crippen molar-refractivity contribution in [1.29, 1.82) is 0 Å². The Kier molecular flexibility index (Phi) is 4.94. The van der Waals surface area contributed by atoms with Gasteiger partial charge in [-0.2, -0.15) is 8.78 Å². The average Bonchev–Trinajstić information content (AvgIpc) is 2.77. The van der Waals surface area contributed by atoms with Gasteiger partial charge in [0.05, 0.1) is 5.60 Å². The third kappa shape index (κ3) is 4.15. The summed E-state index contributed by atoms with van der Waals surface area (Å²) >= 11 is 0. The Labute approximate surface area is 118 Å². The molecule has 0 amide bonds. The van der Waals surface area contributed by atoms with Gasteiger partial charge >= 0.3 is 6.61 Å². The summed E-state index contributed by atoms with van der Waals surface area (Å²) in [6.07, 6.45) is 3.73. The zero-order valence-corrected chi connectivity index (χ0v) is 11.7. The van der Waals surface area contributed by atoms with Crippen molar-refractivity contribution in [1.82, 2.24) is 4.90 Å². The second-order valence-electron chi connectivity index (χ2n) is 5.59. The highest BCUT2D eigenvalue weighted by Crippen LogP contribution is 2.30. The highest BCUT2D eigenvalue weighted by molar-refractivity contribution is 5.33. The molecule has 0 radical (unpaired) electrons. The molecule has 0 unspecified atom stereocenters. The topological polar surface area (TPSA) is 32.7 Å². The van der Waals surface area contributed by atoms with E-state index in [1.807, 2.05) is 11.9 Å². The first kappa shape index (κ1) is 15.2. The molecule has 1 aromatic rings. The summed E-state index contributed by atoms with van der Waals surface area (Å²) in [5.41, 5.74) is 0.0738. The molecule has 1 aromatic carbocycles. The zero-order chi connectivity index (χ0) is 14.6. The number of ether oxygens (including phenoxy) is 1. The molecule has 1 aliphatic rings. The number of rotatable bonds is 6. The van der Waals surface area contributed by atoms with Crippen LogP contribution >= 0.6 is 0 Å². The number of aliphatic hydroxyl groups is 1. The van der Waals surface area contributed by atoms with Gasteiger partial charge in [-0.05, 0) is 26.0 Å². The summed E-state index contributed by atoms with van der Waals surface area (Å²) in [5, 5.41) is 10.4. The van der Waals surface area contributed by atoms with Gasteiger partial charge in [0.1, 0.15) is 5.75 Å². The van der Waals surface area contributed by atoms with Crippen molar-refractivity contribution >= 4 is 0 Å². The van der Waals surface area contributed by atoms with Crippen LogP contribution in [0.15, 0.2) is 24.3 Å². The molecular formula is C15H21F2NO2. The predicted molar refractivity (Wildman–Crippen MR) is 72.8 cm³/mol. The Morgan fingerprint density at radius 1 is 1.30 bits per heavy atom. The number of para-hydroxylation sites is 1. The molecule has 1 N–H and O–H groups in total. The lowest BCUT2D eigenvalue weighted by Gasteiger charge is -2.29. The van der Waals surface area contributed by atoms with E-state index in [4.69, 9.17) is 0 Å². The lowest BCUT2D eigenvalue weighted by molar-refractivity contribution is -0.0510. The first-order valence-electron chi connectivity index (χ1n) is 6.92. The van der Waals surface area contributed by atoms with Crippen molar-refractivity contribution in [3.63, 3.8) is 0 Å². The van der Waals surface area contributed by atoms with Gasteiger partial charge in [0.2, 0.25) is 0 Å². The zero-order valence-electron chi connectivity index (χ0n) is 11.7. The van der Waals surface area contributed by atoms with Crippen LogP contribution in [-0.4, -0.2) is 35.8 Å². The highest BCUT2D eigenvalue weighted by atomic mass is 19.3. The maximum Gasteiger partial charge on any atom is 0.387 e. The molecule has 0 bridgehead atoms. The molecule has 3 nitrogen and oxygen atoms in total. The van der Waals surface area contributed by atoms with Crippen molar-refractivity contribution in [2.24, 2.45) is 0 Å². The summed E-state index contributed by atoms with van der Waals surface area (Å²) in [4.78, 5) is 1.96. The van der Waals surface area contributed by atoms with E-state index in [1.54, 1.807) is 24.3 Å². The van der Waals surface area contributed by atoms with Crippen LogP contribution in [0.4, 0.5) is 8.78 Å². The smallest absolute Gasteiger partial charge is 0.387 e. The van der Waals surface area contributed by atoms with E-state index in [-0.39, 0.29) is 5.75 Å². The van der Waals surface area contributed by atoms with Crippen LogP contribution in [0.3, 0.4) is 0 Å². The molecular weight excluding hydrogens is 264 g/mol. The van der Waals surface area contributed by atoms with Gasteiger partial charge in [-0.25, -0.2) is 0 Å². The highest BCUT2D eigenvalue weighted by Gasteiger charge is 2.32. The molecule has 112 valence electrons. The van der Waals surface area contributed by atoms with Crippen molar-refractivity contribution < 1.29 is 18.6 Å². The normalized spacial score (nSPS) is 17.9. The summed E-state index contributed by atoms with van der Waals surface area (Å²) in [7, 11) is 1.88. The van der Waals surface area contributed by atoms with E-state index in [0.29, 0.717) is 18.7 Å². The lowest BCUT2D eigenvalue weighted by atomic mass is 10.0. The minimum absolute atomic E-state index is 0.202. The van der Waals surface area contributed by atoms with E-state index in [9.17, 15) is 13.9 Å². The number of likely N-dealkylation sites (N-methyl/N-ethyl adjacent to an activating group) is 1. The second kappa shape index (κ2) is 6.50. The summed E-state index contributed by atoms with van der Waals surface area (Å²) in [5.74, 6) is 0.202. The van der Waals surface area contributed by atoms with Crippen LogP contribution in [0.25, 0.3) is 0 Å². The number of benzene rings is 1. The minimum Gasteiger partial charge on any atom is -0.434 e. The van der Waals surface area contributed by atoms with E-state index in [2.05, 4.69) is 4.74 Å². The number of hydrogen-bond acceptors (Lipinski definition) is 3. The average molecular weight is 285 g/mol. The Bertz CT molecular complexity index is 434. The van der Waals surface area contributed by atoms with Gasteiger partial charge in [0.25, 0.3) is 0 Å². The van der Waals surface area contributed by atoms with E-state index >= 15 is 0 Å². The Balaban J connectivity index is 1.98. The summed E-state index contributed by atoms with van der Waals surface area (Å²) in [6.45, 7) is -1.79. The van der Waals surface area contributed by atoms with Crippen LogP contribution in [0.2, 0.25) is 0 Å². The van der Waals surface area contributed by atoms with Gasteiger partial charge in [-0.1, -0.05) is 31.0 Å². The molecule has 1 fully saturated rings. The van der Waals surface area contributed by atoms with Gasteiger partial charge in [-0.15, -0.1) is 0 Å². The largest absolute Gasteiger partial charge is 0.434 e. The molecule has 5 heteroatoms. The summed E-state index contributed by atoms with van der Waals surface area (Å²) in [6, 6.07) is 6.78. The van der Waals surface area contributed by atoms with Gasteiger partial charge < -0.3 is 9.84 Å². The Hall–Kier alpha value is -1.20. The quantitative estimate of drug-likeness (QED) is 0.872. The second-order valence-corrected chi connectivity index (χ2v) is 5.59. The van der Waals surface area contributed by atoms with E-state index in [1.165, 1.54) is 0 Å². The molecule has 1 saturated carbocycles. The number of alkyl halides is 2. The van der Waals surface area contributed by atoms with Gasteiger partial charge in [-0.3, -0.25) is 4.90 Å². The number of nitrogens with zero attached hydrogens (tertiary/aromatic N) is 1. The fraction of sp³-hybridized carbons (Fsp3) is 0.600. The van der Waals surface area contributed by atoms with Gasteiger partial charge in [0, 0.05) is 18.7 Å². The first-order valence-corrected chi connectivity index (χ1v) is 6.92. The molecule has 0 heterocycles. The predicted octanol–water partition coefficient (Wildman–Crippen LogP) is 3.02. The molecule has 0 spiro atoms. The van der Waals surface area contributed by atoms with Crippen LogP contribution in [0, 0.1) is 0 Å². The third-order valence-electron chi connectivity index (χ3n) is 3.73. The molecule has 20 heavy (non-hydrogen) atoms. The Morgan fingerprint density at radius 3 is 2.60 bits per heavy atom. The SMILES string of the molecule is CN(Cc1ccccc1OC(F)F)CC1(O)CCCC1. The molecule has 0 aliphatic heterocycles. The van der Waals surface area contributed by atoms with Crippen molar-refractivity contribution in [3.8, 4) is 5.75 Å². The number of halogens is 2. The van der Waals surface area contributed by atoms with Crippen molar-refractivity contribution in [2.75, 3.05) is 13.6 Å². The van der Waals surface area contributed by atoms with Crippen LogP contribution in [0.1, 0.15) is 31.2 Å². The maximum atomic E-state index is 12.4. The van der Waals surface area contributed by atoms with E-state index in [0.717, 1.165) is 25.7 Å². The first-order chi connectivity index (χ1) is 9.48. The van der Waals surface area contributed by atoms with Crippen LogP contribution in [-0.2, 0) is 6.54 Å². The summed E-state index contributed by atoms with van der Waals surface area (Å²) < 4.78 is 29.2. The molecule has 2 rings (SSSR count). The minimum atomic E-state index is -2.82. The van der Waals surface area contributed by atoms with Crippen molar-refractivity contribution in [3.05, 3.63) is 29.8 Å². The fourth-order valence-electron chi connectivity index (χ4n) is 2.89. The van der Waals surface area contributed by atoms with Crippen LogP contribution < -0.4 is 4.74 Å². The lowest BCUT2D eigenvalue weighted by Crippen LogP contribution is -2.38. The molecule has 0 aromatic heterocycles. The fourth-order valence-corrected chi connectivity index (χ4v) is 2.89. The Morgan fingerprint density at radius 2 is 1.95 bits per heavy atom. The molecule has 1 aliphatic carbocycles. The standard InChI is InChI=1S/C15H21F2NO2/c1-18(11-15(19)8-4-5-9-15)10-12-6-2-3-7-13(12)20-14(16)17/h2-3,6-7,14,19H,4-5,8-11H2,1H3. The third-order valence-corrected chi connectivity index (χ3v) is 3.73. The maximum absolute atomic E-state index is 12.4. The monoisotopic (exact) mass is 285 g/mol. The molecule has 0 saturated heterocycles. The number of hydrogen-bond donors (Lipinski definition) is 1.